The lowest BCUT2D eigenvalue weighted by atomic mass is 10.1. The number of nitrogens with one attached hydrogen (secondary N) is 2. The first kappa shape index (κ1) is 18.1. The van der Waals surface area contributed by atoms with E-state index >= 15 is 0 Å². The van der Waals surface area contributed by atoms with Crippen LogP contribution in [0.5, 0.6) is 17.2 Å². The van der Waals surface area contributed by atoms with Crippen molar-refractivity contribution in [2.45, 2.75) is 13.8 Å². The van der Waals surface area contributed by atoms with Gasteiger partial charge < -0.3 is 24.4 Å². The molecule has 0 unspecified atom stereocenters. The van der Waals surface area contributed by atoms with E-state index in [-0.39, 0.29) is 5.91 Å². The third kappa shape index (κ3) is 4.53. The molecule has 0 aliphatic rings. The highest BCUT2D eigenvalue weighted by molar-refractivity contribution is 5.95. The van der Waals surface area contributed by atoms with Crippen LogP contribution in [0.25, 0.3) is 0 Å². The lowest BCUT2D eigenvalue weighted by Gasteiger charge is -2.16. The highest BCUT2D eigenvalue weighted by Crippen LogP contribution is 2.38. The Labute approximate surface area is 132 Å². The Hall–Kier alpha value is -1.95. The maximum Gasteiger partial charge on any atom is 0.251 e. The molecule has 1 aromatic rings. The van der Waals surface area contributed by atoms with Gasteiger partial charge in [-0.1, -0.05) is 0 Å². The summed E-state index contributed by atoms with van der Waals surface area (Å²) in [5, 5.41) is 2.93. The largest absolute Gasteiger partial charge is 0.493 e. The smallest absolute Gasteiger partial charge is 0.251 e. The molecule has 0 fully saturated rings. The summed E-state index contributed by atoms with van der Waals surface area (Å²) in [6.07, 6.45) is 0. The van der Waals surface area contributed by atoms with Crippen LogP contribution in [0.3, 0.4) is 0 Å². The normalized spacial score (nSPS) is 10.5. The van der Waals surface area contributed by atoms with E-state index in [1.807, 2.05) is 0 Å². The molecule has 0 aliphatic carbocycles. The van der Waals surface area contributed by atoms with Crippen LogP contribution in [0.15, 0.2) is 12.1 Å². The predicted octanol–water partition coefficient (Wildman–Crippen LogP) is 0.367. The number of amides is 1. The second-order valence-electron chi connectivity index (χ2n) is 4.88. The first-order valence-corrected chi connectivity index (χ1v) is 7.52. The van der Waals surface area contributed by atoms with Gasteiger partial charge in [-0.25, -0.2) is 0 Å². The van der Waals surface area contributed by atoms with Crippen molar-refractivity contribution in [1.29, 1.82) is 0 Å². The minimum Gasteiger partial charge on any atom is -0.493 e. The number of hydrogen-bond acceptors (Lipinski definition) is 4. The Morgan fingerprint density at radius 2 is 1.59 bits per heavy atom. The van der Waals surface area contributed by atoms with Crippen molar-refractivity contribution in [1.82, 2.24) is 5.32 Å². The van der Waals surface area contributed by atoms with E-state index < -0.39 is 0 Å². The van der Waals surface area contributed by atoms with E-state index in [0.29, 0.717) is 29.4 Å². The van der Waals surface area contributed by atoms with Gasteiger partial charge in [-0.05, 0) is 26.0 Å². The summed E-state index contributed by atoms with van der Waals surface area (Å²) in [5.74, 6) is 1.28. The molecule has 22 heavy (non-hydrogen) atoms. The molecule has 124 valence electrons. The highest BCUT2D eigenvalue weighted by atomic mass is 16.5. The summed E-state index contributed by atoms with van der Waals surface area (Å²) >= 11 is 0. The van der Waals surface area contributed by atoms with Gasteiger partial charge in [0.15, 0.2) is 11.5 Å². The Kier molecular flexibility index (Phi) is 7.52. The quantitative estimate of drug-likeness (QED) is 0.692. The maximum absolute atomic E-state index is 12.3. The monoisotopic (exact) mass is 311 g/mol. The van der Waals surface area contributed by atoms with E-state index in [2.05, 4.69) is 19.2 Å². The molecule has 0 bridgehead atoms. The van der Waals surface area contributed by atoms with Crippen molar-refractivity contribution in [2.24, 2.45) is 0 Å². The number of carbonyl (C=O) groups excluding carboxylic acids is 1. The fraction of sp³-hybridized carbons (Fsp3) is 0.562. The van der Waals surface area contributed by atoms with Gasteiger partial charge in [-0.2, -0.15) is 0 Å². The molecule has 0 radical (unpaired) electrons. The fourth-order valence-electron chi connectivity index (χ4n) is 2.27. The molecule has 2 N–H and O–H groups in total. The standard InChI is InChI=1S/C16H26N2O4/c1-6-18(7-2)9-8-17-16(19)12-10-13(20-3)15(22-5)14(11-12)21-4/h10-11H,6-9H2,1-5H3,(H,17,19)/p+1. The van der Waals surface area contributed by atoms with Crippen molar-refractivity contribution in [3.63, 3.8) is 0 Å². The van der Waals surface area contributed by atoms with Crippen molar-refractivity contribution in [2.75, 3.05) is 47.5 Å². The summed E-state index contributed by atoms with van der Waals surface area (Å²) in [6, 6.07) is 3.31. The molecule has 0 atom stereocenters. The maximum atomic E-state index is 12.3. The fourth-order valence-corrected chi connectivity index (χ4v) is 2.27. The lowest BCUT2D eigenvalue weighted by molar-refractivity contribution is -0.895. The van der Waals surface area contributed by atoms with E-state index in [9.17, 15) is 4.79 Å². The van der Waals surface area contributed by atoms with Crippen LogP contribution in [-0.4, -0.2) is 53.4 Å². The summed E-state index contributed by atoms with van der Waals surface area (Å²) in [4.78, 5) is 13.7. The topological polar surface area (TPSA) is 61.2 Å². The second-order valence-corrected chi connectivity index (χ2v) is 4.88. The molecular formula is C16H27N2O4+. The molecule has 0 saturated heterocycles. The SMILES string of the molecule is CC[NH+](CC)CCNC(=O)c1cc(OC)c(OC)c(OC)c1. The highest BCUT2D eigenvalue weighted by Gasteiger charge is 2.17. The van der Waals surface area contributed by atoms with Crippen LogP contribution in [0.1, 0.15) is 24.2 Å². The van der Waals surface area contributed by atoms with Gasteiger partial charge >= 0.3 is 0 Å². The van der Waals surface area contributed by atoms with Crippen molar-refractivity contribution in [3.05, 3.63) is 17.7 Å². The number of carbonyl (C=O) groups is 1. The molecule has 6 nitrogen and oxygen atoms in total. The van der Waals surface area contributed by atoms with Crippen LogP contribution in [0, 0.1) is 0 Å². The van der Waals surface area contributed by atoms with Gasteiger partial charge in [-0.3, -0.25) is 4.79 Å². The number of hydrogen-bond donors (Lipinski definition) is 2. The van der Waals surface area contributed by atoms with Gasteiger partial charge in [0.25, 0.3) is 5.91 Å². The van der Waals surface area contributed by atoms with E-state index in [1.54, 1.807) is 12.1 Å². The number of benzene rings is 1. The third-order valence-corrected chi connectivity index (χ3v) is 3.69. The van der Waals surface area contributed by atoms with Crippen molar-refractivity contribution in [3.8, 4) is 17.2 Å². The van der Waals surface area contributed by atoms with Gasteiger partial charge in [0.1, 0.15) is 0 Å². The third-order valence-electron chi connectivity index (χ3n) is 3.69. The van der Waals surface area contributed by atoms with Crippen LogP contribution in [-0.2, 0) is 0 Å². The van der Waals surface area contributed by atoms with Crippen molar-refractivity contribution < 1.29 is 23.9 Å². The Morgan fingerprint density at radius 1 is 1.05 bits per heavy atom. The van der Waals surface area contributed by atoms with Crippen LogP contribution < -0.4 is 24.4 Å². The van der Waals surface area contributed by atoms with E-state index in [1.165, 1.54) is 26.2 Å². The van der Waals surface area contributed by atoms with E-state index in [0.717, 1.165) is 19.6 Å². The first-order chi connectivity index (χ1) is 10.6. The molecule has 0 aromatic heterocycles. The van der Waals surface area contributed by atoms with Gasteiger partial charge in [0.05, 0.1) is 47.5 Å². The van der Waals surface area contributed by atoms with Gasteiger partial charge in [0, 0.05) is 5.56 Å². The average molecular weight is 311 g/mol. The zero-order valence-corrected chi connectivity index (χ0v) is 14.1. The molecule has 0 heterocycles. The molecular weight excluding hydrogens is 284 g/mol. The number of methoxy groups -OCH3 is 3. The lowest BCUT2D eigenvalue weighted by Crippen LogP contribution is -3.12. The molecule has 0 saturated carbocycles. The molecule has 1 amide bonds. The molecule has 1 aromatic carbocycles. The molecule has 1 rings (SSSR count). The number of rotatable bonds is 9. The summed E-state index contributed by atoms with van der Waals surface area (Å²) in [5.41, 5.74) is 0.490. The summed E-state index contributed by atoms with van der Waals surface area (Å²) in [6.45, 7) is 7.92. The predicted molar refractivity (Wildman–Crippen MR) is 85.3 cm³/mol. The molecule has 0 spiro atoms. The van der Waals surface area contributed by atoms with E-state index in [4.69, 9.17) is 14.2 Å². The number of ether oxygens (including phenoxy) is 3. The van der Waals surface area contributed by atoms with Crippen LogP contribution in [0.4, 0.5) is 0 Å². The minimum absolute atomic E-state index is 0.147. The first-order valence-electron chi connectivity index (χ1n) is 7.52. The zero-order valence-electron chi connectivity index (χ0n) is 14.1. The molecule has 0 aliphatic heterocycles. The average Bonchev–Trinajstić information content (AvgIpc) is 2.56. The minimum atomic E-state index is -0.147. The second kappa shape index (κ2) is 9.15. The Bertz CT molecular complexity index is 462. The van der Waals surface area contributed by atoms with Crippen molar-refractivity contribution >= 4 is 5.91 Å². The zero-order chi connectivity index (χ0) is 16.5. The summed E-state index contributed by atoms with van der Waals surface area (Å²) < 4.78 is 15.8. The summed E-state index contributed by atoms with van der Waals surface area (Å²) in [7, 11) is 4.60. The molecule has 6 heteroatoms. The van der Waals surface area contributed by atoms with Gasteiger partial charge in [0.2, 0.25) is 5.75 Å². The van der Waals surface area contributed by atoms with Crippen LogP contribution in [0.2, 0.25) is 0 Å². The number of likely N-dealkylation sites (N-methyl/N-ethyl adjacent to an activating group) is 1. The number of quaternary nitrogens is 1. The van der Waals surface area contributed by atoms with Gasteiger partial charge in [-0.15, -0.1) is 0 Å². The Balaban J connectivity index is 2.81. The Morgan fingerprint density at radius 3 is 2.00 bits per heavy atom. The van der Waals surface area contributed by atoms with Crippen LogP contribution >= 0.6 is 0 Å².